The van der Waals surface area contributed by atoms with Crippen molar-refractivity contribution in [3.05, 3.63) is 82.4 Å². The molecule has 3 rings (SSSR count). The number of aliphatic carboxylic acids is 1. The number of nitrogens with zero attached hydrogens (tertiary/aromatic N) is 1. The van der Waals surface area contributed by atoms with Crippen molar-refractivity contribution in [1.29, 1.82) is 5.41 Å². The van der Waals surface area contributed by atoms with Crippen LogP contribution in [-0.4, -0.2) is 52.6 Å². The number of carbonyl (C=O) groups excluding carboxylic acids is 2. The van der Waals surface area contributed by atoms with E-state index in [4.69, 9.17) is 42.1 Å². The van der Waals surface area contributed by atoms with E-state index in [1.807, 2.05) is 0 Å². The fourth-order valence-corrected chi connectivity index (χ4v) is 3.61. The van der Waals surface area contributed by atoms with Gasteiger partial charge in [-0.15, -0.1) is 0 Å². The van der Waals surface area contributed by atoms with Crippen LogP contribution in [-0.2, 0) is 9.59 Å². The number of halogens is 5. The van der Waals surface area contributed by atoms with Gasteiger partial charge < -0.3 is 25.6 Å². The molecule has 0 aliphatic carbocycles. The number of benzene rings is 2. The van der Waals surface area contributed by atoms with Crippen molar-refractivity contribution in [2.24, 2.45) is 5.73 Å². The lowest BCUT2D eigenvalue weighted by molar-refractivity contribution is -0.192. The van der Waals surface area contributed by atoms with Gasteiger partial charge in [-0.3, -0.25) is 30.8 Å². The van der Waals surface area contributed by atoms with E-state index in [0.29, 0.717) is 11.3 Å². The number of nitrogens with two attached hydrogens (primary N) is 1. The number of carbonyl (C=O) groups is 3. The third-order valence-corrected chi connectivity index (χ3v) is 5.67. The number of amides is 2. The van der Waals surface area contributed by atoms with Gasteiger partial charge in [-0.2, -0.15) is 13.2 Å². The summed E-state index contributed by atoms with van der Waals surface area (Å²) >= 11 is 6.01. The molecule has 242 valence electrons. The van der Waals surface area contributed by atoms with Gasteiger partial charge >= 0.3 is 12.1 Å². The van der Waals surface area contributed by atoms with E-state index in [-0.39, 0.29) is 46.2 Å². The number of hydrazine groups is 1. The van der Waals surface area contributed by atoms with Crippen molar-refractivity contribution in [1.82, 2.24) is 15.8 Å². The van der Waals surface area contributed by atoms with Crippen LogP contribution in [0.15, 0.2) is 54.9 Å². The number of aromatic nitrogens is 1. The van der Waals surface area contributed by atoms with Gasteiger partial charge in [-0.1, -0.05) is 11.6 Å². The van der Waals surface area contributed by atoms with Gasteiger partial charge in [0.1, 0.15) is 17.7 Å². The number of alkyl halides is 3. The lowest BCUT2D eigenvalue weighted by Gasteiger charge is -2.23. The first kappa shape index (κ1) is 36.1. The van der Waals surface area contributed by atoms with Crippen LogP contribution >= 0.6 is 11.6 Å². The van der Waals surface area contributed by atoms with Gasteiger partial charge in [0.05, 0.1) is 23.3 Å². The minimum atomic E-state index is -5.08. The number of carboxylic acids is 1. The minimum absolute atomic E-state index is 0.0612. The monoisotopic (exact) mass is 656 g/mol. The van der Waals surface area contributed by atoms with Gasteiger partial charge in [-0.05, 0) is 57.2 Å². The Hall–Kier alpha value is -5.12. The summed E-state index contributed by atoms with van der Waals surface area (Å²) in [6.07, 6.45) is -2.66. The Morgan fingerprint density at radius 3 is 2.22 bits per heavy atom. The summed E-state index contributed by atoms with van der Waals surface area (Å²) in [5, 5.41) is 17.7. The summed E-state index contributed by atoms with van der Waals surface area (Å²) in [5.74, 6) is -4.65. The Bertz CT molecular complexity index is 1520. The molecular weight excluding hydrogens is 628 g/mol. The molecule has 0 fully saturated rings. The number of nitrogens with one attached hydrogen (secondary N) is 4. The molecule has 0 bridgehead atoms. The number of ether oxygens (including phenoxy) is 2. The average Bonchev–Trinajstić information content (AvgIpc) is 2.96. The second kappa shape index (κ2) is 16.1. The van der Waals surface area contributed by atoms with Crippen molar-refractivity contribution in [3.63, 3.8) is 0 Å². The summed E-state index contributed by atoms with van der Waals surface area (Å²) in [4.78, 5) is 38.6. The molecule has 2 aromatic carbocycles. The first-order valence-corrected chi connectivity index (χ1v) is 13.3. The molecule has 45 heavy (non-hydrogen) atoms. The molecule has 0 aliphatic rings. The van der Waals surface area contributed by atoms with E-state index in [9.17, 15) is 22.8 Å². The van der Waals surface area contributed by atoms with Gasteiger partial charge in [0.2, 0.25) is 0 Å². The first-order chi connectivity index (χ1) is 21.0. The van der Waals surface area contributed by atoms with Gasteiger partial charge in [0.25, 0.3) is 11.8 Å². The molecule has 7 N–H and O–H groups in total. The summed E-state index contributed by atoms with van der Waals surface area (Å²) in [6, 6.07) is 8.92. The Morgan fingerprint density at radius 2 is 1.71 bits per heavy atom. The number of nitrogen functional groups attached to an aromatic ring is 1. The smallest absolute Gasteiger partial charge is 0.490 e. The molecule has 1 aromatic heterocycles. The molecular formula is C28H29ClF4N6O6. The molecule has 0 aliphatic heterocycles. The fraction of sp³-hybridized carbons (Fsp3) is 0.250. The second-order valence-electron chi connectivity index (χ2n) is 9.09. The number of hydrogen-bond acceptors (Lipinski definition) is 8. The maximum absolute atomic E-state index is 15.4. The van der Waals surface area contributed by atoms with Gasteiger partial charge in [0.15, 0.2) is 11.5 Å². The maximum Gasteiger partial charge on any atom is 0.490 e. The van der Waals surface area contributed by atoms with E-state index in [1.165, 1.54) is 24.5 Å². The van der Waals surface area contributed by atoms with E-state index in [2.05, 4.69) is 21.2 Å². The van der Waals surface area contributed by atoms with Crippen molar-refractivity contribution in [3.8, 4) is 11.5 Å². The minimum Gasteiger partial charge on any atom is -0.490 e. The number of amidine groups is 1. The third-order valence-electron chi connectivity index (χ3n) is 5.36. The molecule has 1 unspecified atom stereocenters. The highest BCUT2D eigenvalue weighted by Gasteiger charge is 2.38. The molecule has 0 saturated heterocycles. The van der Waals surface area contributed by atoms with Crippen molar-refractivity contribution < 1.29 is 46.5 Å². The van der Waals surface area contributed by atoms with Crippen molar-refractivity contribution in [2.75, 3.05) is 11.9 Å². The molecule has 1 atom stereocenters. The van der Waals surface area contributed by atoms with Crippen molar-refractivity contribution >= 4 is 40.9 Å². The molecule has 0 spiro atoms. The predicted octanol–water partition coefficient (Wildman–Crippen LogP) is 4.59. The zero-order valence-electron chi connectivity index (χ0n) is 24.0. The predicted molar refractivity (Wildman–Crippen MR) is 156 cm³/mol. The van der Waals surface area contributed by atoms with Gasteiger partial charge in [0, 0.05) is 35.3 Å². The topological polar surface area (TPSA) is 189 Å². The molecule has 12 nitrogen and oxygen atoms in total. The SMILES string of the molecule is CCOc1cc(C(Nc2ccc(C(=N)N)cc2)C(=O)NNC(=O)c2ccncc2Cl)c(F)cc1OC(C)C.O=C(O)C(F)(F)F. The Balaban J connectivity index is 0.000000900. The van der Waals surface area contributed by atoms with E-state index in [0.717, 1.165) is 6.07 Å². The van der Waals surface area contributed by atoms with Gasteiger partial charge in [-0.25, -0.2) is 9.18 Å². The Labute approximate surface area is 259 Å². The quantitative estimate of drug-likeness (QED) is 0.0785. The molecule has 17 heteroatoms. The van der Waals surface area contributed by atoms with Crippen LogP contribution in [0.3, 0.4) is 0 Å². The molecule has 1 heterocycles. The second-order valence-corrected chi connectivity index (χ2v) is 9.50. The summed E-state index contributed by atoms with van der Waals surface area (Å²) in [6.45, 7) is 5.63. The summed E-state index contributed by atoms with van der Waals surface area (Å²) < 4.78 is 58.5. The largest absolute Gasteiger partial charge is 0.490 e. The highest BCUT2D eigenvalue weighted by molar-refractivity contribution is 6.33. The van der Waals surface area contributed by atoms with E-state index in [1.54, 1.807) is 45.0 Å². The number of carboxylic acid groups (broad SMARTS) is 1. The molecule has 0 radical (unpaired) electrons. The van der Waals surface area contributed by atoms with Crippen molar-refractivity contribution in [2.45, 2.75) is 39.1 Å². The van der Waals surface area contributed by atoms with Crippen LogP contribution < -0.4 is 31.4 Å². The zero-order valence-corrected chi connectivity index (χ0v) is 24.7. The van der Waals surface area contributed by atoms with E-state index < -0.39 is 35.8 Å². The van der Waals surface area contributed by atoms with Crippen LogP contribution in [0.25, 0.3) is 0 Å². The maximum atomic E-state index is 15.4. The molecule has 0 saturated carbocycles. The Kier molecular flexibility index (Phi) is 12.9. The van der Waals surface area contributed by atoms with Crippen LogP contribution in [0.2, 0.25) is 5.02 Å². The fourth-order valence-electron chi connectivity index (χ4n) is 3.40. The average molecular weight is 657 g/mol. The van der Waals surface area contributed by atoms with Crippen LogP contribution in [0.5, 0.6) is 11.5 Å². The summed E-state index contributed by atoms with van der Waals surface area (Å²) in [7, 11) is 0. The lowest BCUT2D eigenvalue weighted by atomic mass is 10.0. The standard InChI is InChI=1S/C26H28ClFN6O4.C2HF3O2/c1-4-37-21-11-18(20(28)12-22(21)38-14(2)3)23(32-16-7-5-15(6-8-16)24(29)30)26(36)34-33-25(35)17-9-10-31-13-19(17)27;3-2(4,5)1(6)7/h5-14,23,32H,4H2,1-3H3,(H3,29,30)(H,33,35)(H,34,36);(H,6,7). The highest BCUT2D eigenvalue weighted by atomic mass is 35.5. The van der Waals surface area contributed by atoms with Crippen LogP contribution in [0.4, 0.5) is 23.2 Å². The number of pyridine rings is 1. The lowest BCUT2D eigenvalue weighted by Crippen LogP contribution is -2.45. The first-order valence-electron chi connectivity index (χ1n) is 12.9. The Morgan fingerprint density at radius 1 is 1.09 bits per heavy atom. The number of rotatable bonds is 10. The molecule has 2 amide bonds. The number of hydrogen-bond donors (Lipinski definition) is 6. The van der Waals surface area contributed by atoms with Crippen LogP contribution in [0, 0.1) is 11.2 Å². The normalized spacial score (nSPS) is 11.4. The van der Waals surface area contributed by atoms with E-state index >= 15 is 4.39 Å². The zero-order chi connectivity index (χ0) is 33.9. The molecule has 3 aromatic rings. The van der Waals surface area contributed by atoms with Crippen LogP contribution in [0.1, 0.15) is 48.3 Å². The summed E-state index contributed by atoms with van der Waals surface area (Å²) in [5.41, 5.74) is 11.0. The highest BCUT2D eigenvalue weighted by Crippen LogP contribution is 2.35. The third kappa shape index (κ3) is 10.8. The number of anilines is 1.